The average molecular weight is 347 g/mol. The standard InChI is InChI=1S/C13H19BrN2O2S/c1-19(17,18)12-7-5-8-15-13(12)16-9-4-2-3-6-11(16)10-14/h5,7-8,11H,2-4,6,9-10H2,1H3. The minimum Gasteiger partial charge on any atom is -0.352 e. The first kappa shape index (κ1) is 14.8. The van der Waals surface area contributed by atoms with E-state index in [1.165, 1.54) is 19.1 Å². The van der Waals surface area contributed by atoms with E-state index in [1.54, 1.807) is 18.3 Å². The van der Waals surface area contributed by atoms with Gasteiger partial charge in [0.25, 0.3) is 0 Å². The zero-order valence-corrected chi connectivity index (χ0v) is 13.5. The lowest BCUT2D eigenvalue weighted by atomic mass is 10.1. The molecule has 19 heavy (non-hydrogen) atoms. The Morgan fingerprint density at radius 2 is 2.21 bits per heavy atom. The van der Waals surface area contributed by atoms with Crippen molar-refractivity contribution in [3.8, 4) is 0 Å². The minimum absolute atomic E-state index is 0.317. The van der Waals surface area contributed by atoms with Crippen LogP contribution in [0.3, 0.4) is 0 Å². The second-order valence-electron chi connectivity index (χ2n) is 4.95. The van der Waals surface area contributed by atoms with Crippen molar-refractivity contribution in [2.45, 2.75) is 36.6 Å². The number of halogens is 1. The highest BCUT2D eigenvalue weighted by Crippen LogP contribution is 2.28. The highest BCUT2D eigenvalue weighted by Gasteiger charge is 2.26. The average Bonchev–Trinajstić information content (AvgIpc) is 2.62. The first-order valence-corrected chi connectivity index (χ1v) is 9.53. The molecule has 1 aliphatic rings. The molecule has 0 N–H and O–H groups in total. The van der Waals surface area contributed by atoms with Crippen LogP contribution in [0.1, 0.15) is 25.7 Å². The molecule has 0 saturated carbocycles. The molecule has 1 saturated heterocycles. The largest absolute Gasteiger partial charge is 0.352 e. The van der Waals surface area contributed by atoms with Crippen molar-refractivity contribution in [1.29, 1.82) is 0 Å². The quantitative estimate of drug-likeness (QED) is 0.789. The smallest absolute Gasteiger partial charge is 0.179 e. The maximum Gasteiger partial charge on any atom is 0.179 e. The van der Waals surface area contributed by atoms with Gasteiger partial charge >= 0.3 is 0 Å². The molecule has 0 bridgehead atoms. The molecule has 1 fully saturated rings. The number of alkyl halides is 1. The van der Waals surface area contributed by atoms with Crippen LogP contribution in [0.25, 0.3) is 0 Å². The monoisotopic (exact) mass is 346 g/mol. The number of anilines is 1. The van der Waals surface area contributed by atoms with Crippen LogP contribution in [0.2, 0.25) is 0 Å². The van der Waals surface area contributed by atoms with E-state index in [1.807, 2.05) is 0 Å². The number of nitrogens with zero attached hydrogens (tertiary/aromatic N) is 2. The molecule has 2 heterocycles. The van der Waals surface area contributed by atoms with E-state index in [0.717, 1.165) is 24.7 Å². The fourth-order valence-electron chi connectivity index (χ4n) is 2.50. The molecule has 0 aromatic carbocycles. The normalized spacial score (nSPS) is 21.2. The molecule has 0 spiro atoms. The molecule has 1 unspecified atom stereocenters. The van der Waals surface area contributed by atoms with Crippen LogP contribution in [-0.4, -0.2) is 37.6 Å². The minimum atomic E-state index is -3.25. The summed E-state index contributed by atoms with van der Waals surface area (Å²) in [5.41, 5.74) is 0. The summed E-state index contributed by atoms with van der Waals surface area (Å²) in [6.45, 7) is 0.871. The molecule has 106 valence electrons. The predicted molar refractivity (Wildman–Crippen MR) is 80.7 cm³/mol. The summed E-state index contributed by atoms with van der Waals surface area (Å²) in [5.74, 6) is 0.608. The third-order valence-electron chi connectivity index (χ3n) is 3.48. The van der Waals surface area contributed by atoms with Crippen molar-refractivity contribution in [3.05, 3.63) is 18.3 Å². The summed E-state index contributed by atoms with van der Waals surface area (Å²) >= 11 is 3.54. The fraction of sp³-hybridized carbons (Fsp3) is 0.615. The van der Waals surface area contributed by atoms with Gasteiger partial charge in [0.2, 0.25) is 0 Å². The summed E-state index contributed by atoms with van der Waals surface area (Å²) in [7, 11) is -3.25. The lowest BCUT2D eigenvalue weighted by molar-refractivity contribution is 0.595. The van der Waals surface area contributed by atoms with Gasteiger partial charge in [-0.25, -0.2) is 13.4 Å². The zero-order chi connectivity index (χ0) is 13.9. The van der Waals surface area contributed by atoms with Crippen LogP contribution < -0.4 is 4.90 Å². The molecule has 0 aliphatic carbocycles. The van der Waals surface area contributed by atoms with Crippen LogP contribution in [0.15, 0.2) is 23.2 Å². The van der Waals surface area contributed by atoms with Gasteiger partial charge in [-0.05, 0) is 25.0 Å². The van der Waals surface area contributed by atoms with Gasteiger partial charge in [0.05, 0.1) is 0 Å². The van der Waals surface area contributed by atoms with E-state index in [9.17, 15) is 8.42 Å². The third kappa shape index (κ3) is 3.48. The number of pyridine rings is 1. The summed E-state index contributed by atoms with van der Waals surface area (Å²) in [5, 5.41) is 0.840. The van der Waals surface area contributed by atoms with E-state index >= 15 is 0 Å². The molecule has 1 atom stereocenters. The van der Waals surface area contributed by atoms with Crippen LogP contribution in [0.5, 0.6) is 0 Å². The van der Waals surface area contributed by atoms with Crippen molar-refractivity contribution in [2.24, 2.45) is 0 Å². The predicted octanol–water partition coefficient (Wildman–Crippen LogP) is 2.63. The van der Waals surface area contributed by atoms with Crippen LogP contribution >= 0.6 is 15.9 Å². The van der Waals surface area contributed by atoms with Crippen LogP contribution in [0.4, 0.5) is 5.82 Å². The highest BCUT2D eigenvalue weighted by atomic mass is 79.9. The highest BCUT2D eigenvalue weighted by molar-refractivity contribution is 9.09. The van der Waals surface area contributed by atoms with Crippen LogP contribution in [0, 0.1) is 0 Å². The molecule has 0 amide bonds. The number of rotatable bonds is 3. The SMILES string of the molecule is CS(=O)(=O)c1cccnc1N1CCCCCC1CBr. The summed E-state index contributed by atoms with van der Waals surface area (Å²) in [4.78, 5) is 6.82. The summed E-state index contributed by atoms with van der Waals surface area (Å²) in [6, 6.07) is 3.65. The third-order valence-corrected chi connectivity index (χ3v) is 5.34. The van der Waals surface area contributed by atoms with E-state index in [2.05, 4.69) is 25.8 Å². The molecule has 1 aromatic heterocycles. The van der Waals surface area contributed by atoms with Crippen molar-refractivity contribution in [1.82, 2.24) is 4.98 Å². The van der Waals surface area contributed by atoms with Gasteiger partial charge in [0, 0.05) is 30.4 Å². The van der Waals surface area contributed by atoms with E-state index in [-0.39, 0.29) is 0 Å². The Morgan fingerprint density at radius 3 is 2.89 bits per heavy atom. The molecule has 6 heteroatoms. The fourth-order valence-corrected chi connectivity index (χ4v) is 4.00. The molecular weight excluding hydrogens is 328 g/mol. The van der Waals surface area contributed by atoms with E-state index < -0.39 is 9.84 Å². The zero-order valence-electron chi connectivity index (χ0n) is 11.0. The maximum absolute atomic E-state index is 11.9. The Bertz CT molecular complexity index is 533. The summed E-state index contributed by atoms with van der Waals surface area (Å²) in [6.07, 6.45) is 7.46. The maximum atomic E-state index is 11.9. The Labute approximate surface area is 123 Å². The first-order valence-electron chi connectivity index (χ1n) is 6.51. The van der Waals surface area contributed by atoms with Gasteiger partial charge in [-0.15, -0.1) is 0 Å². The number of hydrogen-bond acceptors (Lipinski definition) is 4. The van der Waals surface area contributed by atoms with Gasteiger partial charge in [0.15, 0.2) is 9.84 Å². The van der Waals surface area contributed by atoms with Crippen molar-refractivity contribution in [2.75, 3.05) is 23.0 Å². The van der Waals surface area contributed by atoms with Gasteiger partial charge in [-0.3, -0.25) is 0 Å². The Hall–Kier alpha value is -0.620. The number of sulfone groups is 1. The van der Waals surface area contributed by atoms with Gasteiger partial charge in [-0.2, -0.15) is 0 Å². The Kier molecular flexibility index (Phi) is 4.84. The molecule has 2 rings (SSSR count). The van der Waals surface area contributed by atoms with Crippen molar-refractivity contribution in [3.63, 3.8) is 0 Å². The topological polar surface area (TPSA) is 50.3 Å². The molecular formula is C13H19BrN2O2S. The molecule has 0 radical (unpaired) electrons. The van der Waals surface area contributed by atoms with Crippen molar-refractivity contribution >= 4 is 31.6 Å². The van der Waals surface area contributed by atoms with E-state index in [0.29, 0.717) is 16.8 Å². The Morgan fingerprint density at radius 1 is 1.42 bits per heavy atom. The molecule has 1 aliphatic heterocycles. The van der Waals surface area contributed by atoms with Gasteiger partial charge in [0.1, 0.15) is 10.7 Å². The first-order chi connectivity index (χ1) is 9.04. The van der Waals surface area contributed by atoms with Crippen molar-refractivity contribution < 1.29 is 8.42 Å². The van der Waals surface area contributed by atoms with Gasteiger partial charge in [-0.1, -0.05) is 28.8 Å². The lowest BCUT2D eigenvalue weighted by Crippen LogP contribution is -2.37. The molecule has 1 aromatic rings. The van der Waals surface area contributed by atoms with Crippen LogP contribution in [-0.2, 0) is 9.84 Å². The lowest BCUT2D eigenvalue weighted by Gasteiger charge is -2.30. The second kappa shape index (κ2) is 6.22. The van der Waals surface area contributed by atoms with Gasteiger partial charge < -0.3 is 4.90 Å². The van der Waals surface area contributed by atoms with E-state index in [4.69, 9.17) is 0 Å². The number of aromatic nitrogens is 1. The summed E-state index contributed by atoms with van der Waals surface area (Å²) < 4.78 is 23.8. The molecule has 4 nitrogen and oxygen atoms in total. The Balaban J connectivity index is 2.44. The number of hydrogen-bond donors (Lipinski definition) is 0. The second-order valence-corrected chi connectivity index (χ2v) is 7.58.